The van der Waals surface area contributed by atoms with E-state index in [1.165, 1.54) is 0 Å². The van der Waals surface area contributed by atoms with Crippen LogP contribution in [0.25, 0.3) is 0 Å². The molecular formula is C20H22N2O4. The molecule has 26 heavy (non-hydrogen) atoms. The molecule has 2 heterocycles. The van der Waals surface area contributed by atoms with Crippen molar-refractivity contribution < 1.29 is 18.4 Å². The summed E-state index contributed by atoms with van der Waals surface area (Å²) in [4.78, 5) is 14.3. The van der Waals surface area contributed by atoms with Crippen LogP contribution in [0, 0.1) is 0 Å². The fourth-order valence-electron chi connectivity index (χ4n) is 2.54. The topological polar surface area (TPSA) is 67.9 Å². The molecule has 0 fully saturated rings. The Kier molecular flexibility index (Phi) is 5.76. The molecule has 1 unspecified atom stereocenters. The second kappa shape index (κ2) is 8.40. The lowest BCUT2D eigenvalue weighted by atomic mass is 10.2. The molecule has 0 aliphatic carbocycles. The van der Waals surface area contributed by atoms with Gasteiger partial charge in [0.1, 0.15) is 23.9 Å². The molecule has 0 radical (unpaired) electrons. The summed E-state index contributed by atoms with van der Waals surface area (Å²) in [6.45, 7) is 0.680. The molecule has 6 nitrogen and oxygen atoms in total. The Hall–Kier alpha value is -2.99. The Morgan fingerprint density at radius 2 is 1.92 bits per heavy atom. The molecule has 3 rings (SSSR count). The zero-order chi connectivity index (χ0) is 18.4. The third-order valence-corrected chi connectivity index (χ3v) is 3.96. The molecule has 0 spiro atoms. The van der Waals surface area contributed by atoms with Crippen LogP contribution in [0.4, 0.5) is 0 Å². The van der Waals surface area contributed by atoms with Gasteiger partial charge >= 0.3 is 0 Å². The largest absolute Gasteiger partial charge is 0.486 e. The van der Waals surface area contributed by atoms with E-state index in [0.717, 1.165) is 11.5 Å². The van der Waals surface area contributed by atoms with Crippen LogP contribution in [0.1, 0.15) is 28.1 Å². The predicted molar refractivity (Wildman–Crippen MR) is 97.0 cm³/mol. The highest BCUT2D eigenvalue weighted by Gasteiger charge is 2.19. The molecular weight excluding hydrogens is 332 g/mol. The summed E-state index contributed by atoms with van der Waals surface area (Å²) in [5.41, 5.74) is 0. The van der Waals surface area contributed by atoms with Crippen LogP contribution in [-0.4, -0.2) is 31.4 Å². The number of benzene rings is 1. The van der Waals surface area contributed by atoms with Crippen molar-refractivity contribution in [3.8, 4) is 5.75 Å². The number of rotatable bonds is 8. The SMILES string of the molecule is CN(C)C(CNC(=O)c1ccc(COc2ccccc2)o1)c1ccco1. The Labute approximate surface area is 152 Å². The number of carbonyl (C=O) groups excluding carboxylic acids is 1. The van der Waals surface area contributed by atoms with E-state index >= 15 is 0 Å². The van der Waals surface area contributed by atoms with Gasteiger partial charge in [-0.05, 0) is 50.5 Å². The third-order valence-electron chi connectivity index (χ3n) is 3.96. The van der Waals surface area contributed by atoms with Crippen LogP contribution in [0.5, 0.6) is 5.75 Å². The molecule has 0 aliphatic heterocycles. The Balaban J connectivity index is 1.54. The number of nitrogens with one attached hydrogen (secondary N) is 1. The van der Waals surface area contributed by atoms with E-state index in [1.54, 1.807) is 18.4 Å². The van der Waals surface area contributed by atoms with Gasteiger partial charge in [-0.1, -0.05) is 18.2 Å². The van der Waals surface area contributed by atoms with Gasteiger partial charge in [-0.25, -0.2) is 0 Å². The quantitative estimate of drug-likeness (QED) is 0.671. The Morgan fingerprint density at radius 1 is 1.12 bits per heavy atom. The van der Waals surface area contributed by atoms with Crippen LogP contribution < -0.4 is 10.1 Å². The zero-order valence-electron chi connectivity index (χ0n) is 14.8. The van der Waals surface area contributed by atoms with Gasteiger partial charge in [0.25, 0.3) is 5.91 Å². The number of hydrogen-bond acceptors (Lipinski definition) is 5. The first kappa shape index (κ1) is 17.8. The van der Waals surface area contributed by atoms with Gasteiger partial charge in [0.15, 0.2) is 5.76 Å². The van der Waals surface area contributed by atoms with E-state index in [1.807, 2.05) is 61.5 Å². The summed E-state index contributed by atoms with van der Waals surface area (Å²) in [5, 5.41) is 2.88. The fraction of sp³-hybridized carbons (Fsp3) is 0.250. The van der Waals surface area contributed by atoms with E-state index in [0.29, 0.717) is 12.3 Å². The first-order valence-electron chi connectivity index (χ1n) is 8.38. The molecule has 136 valence electrons. The maximum absolute atomic E-state index is 12.3. The molecule has 6 heteroatoms. The molecule has 1 N–H and O–H groups in total. The van der Waals surface area contributed by atoms with Gasteiger partial charge in [-0.15, -0.1) is 0 Å². The summed E-state index contributed by atoms with van der Waals surface area (Å²) in [5.74, 6) is 2.13. The first-order chi connectivity index (χ1) is 12.6. The highest BCUT2D eigenvalue weighted by atomic mass is 16.5. The highest BCUT2D eigenvalue weighted by Crippen LogP contribution is 2.18. The van der Waals surface area contributed by atoms with E-state index in [-0.39, 0.29) is 24.3 Å². The van der Waals surface area contributed by atoms with E-state index < -0.39 is 0 Å². The lowest BCUT2D eigenvalue weighted by molar-refractivity contribution is 0.0907. The van der Waals surface area contributed by atoms with E-state index in [9.17, 15) is 4.79 Å². The maximum atomic E-state index is 12.3. The normalized spacial score (nSPS) is 12.1. The Morgan fingerprint density at radius 3 is 2.62 bits per heavy atom. The molecule has 1 amide bonds. The molecule has 0 saturated heterocycles. The van der Waals surface area contributed by atoms with Gasteiger partial charge in [-0.3, -0.25) is 9.69 Å². The van der Waals surface area contributed by atoms with Gasteiger partial charge in [-0.2, -0.15) is 0 Å². The Bertz CT molecular complexity index is 809. The molecule has 0 bridgehead atoms. The van der Waals surface area contributed by atoms with Gasteiger partial charge in [0, 0.05) is 6.54 Å². The number of furan rings is 2. The zero-order valence-corrected chi connectivity index (χ0v) is 14.8. The van der Waals surface area contributed by atoms with Crippen LogP contribution in [0.3, 0.4) is 0 Å². The van der Waals surface area contributed by atoms with Crippen molar-refractivity contribution in [2.45, 2.75) is 12.6 Å². The standard InChI is InChI=1S/C20H22N2O4/c1-22(2)17(18-9-6-12-24-18)13-21-20(23)19-11-10-16(26-19)14-25-15-7-4-3-5-8-15/h3-12,17H,13-14H2,1-2H3,(H,21,23). The maximum Gasteiger partial charge on any atom is 0.287 e. The van der Waals surface area contributed by atoms with Crippen molar-refractivity contribution >= 4 is 5.91 Å². The third kappa shape index (κ3) is 4.55. The first-order valence-corrected chi connectivity index (χ1v) is 8.38. The summed E-state index contributed by atoms with van der Waals surface area (Å²) >= 11 is 0. The van der Waals surface area contributed by atoms with Crippen LogP contribution in [-0.2, 0) is 6.61 Å². The molecule has 0 aliphatic rings. The minimum absolute atomic E-state index is 0.0511. The number of hydrogen-bond donors (Lipinski definition) is 1. The molecule has 3 aromatic rings. The molecule has 0 saturated carbocycles. The van der Waals surface area contributed by atoms with Crippen molar-refractivity contribution in [3.63, 3.8) is 0 Å². The van der Waals surface area contributed by atoms with Crippen molar-refractivity contribution in [2.24, 2.45) is 0 Å². The molecule has 1 atom stereocenters. The average molecular weight is 354 g/mol. The van der Waals surface area contributed by atoms with E-state index in [2.05, 4.69) is 5.32 Å². The van der Waals surface area contributed by atoms with Crippen LogP contribution in [0.2, 0.25) is 0 Å². The number of ether oxygens (including phenoxy) is 1. The van der Waals surface area contributed by atoms with Crippen LogP contribution >= 0.6 is 0 Å². The smallest absolute Gasteiger partial charge is 0.287 e. The van der Waals surface area contributed by atoms with Gasteiger partial charge < -0.3 is 18.9 Å². The number of carbonyl (C=O) groups is 1. The molecule has 1 aromatic carbocycles. The highest BCUT2D eigenvalue weighted by molar-refractivity contribution is 5.91. The second-order valence-electron chi connectivity index (χ2n) is 6.07. The molecule has 2 aromatic heterocycles. The lowest BCUT2D eigenvalue weighted by Gasteiger charge is -2.22. The van der Waals surface area contributed by atoms with Crippen molar-refractivity contribution in [1.82, 2.24) is 10.2 Å². The predicted octanol–water partition coefficient (Wildman–Crippen LogP) is 3.48. The van der Waals surface area contributed by atoms with Crippen molar-refractivity contribution in [3.05, 3.63) is 78.1 Å². The van der Waals surface area contributed by atoms with Crippen molar-refractivity contribution in [1.29, 1.82) is 0 Å². The average Bonchev–Trinajstić information content (AvgIpc) is 3.33. The minimum Gasteiger partial charge on any atom is -0.486 e. The van der Waals surface area contributed by atoms with Gasteiger partial charge in [0.05, 0.1) is 12.3 Å². The van der Waals surface area contributed by atoms with Crippen molar-refractivity contribution in [2.75, 3.05) is 20.6 Å². The second-order valence-corrected chi connectivity index (χ2v) is 6.07. The number of likely N-dealkylation sites (N-methyl/N-ethyl adjacent to an activating group) is 1. The lowest BCUT2D eigenvalue weighted by Crippen LogP contribution is -2.34. The van der Waals surface area contributed by atoms with E-state index in [4.69, 9.17) is 13.6 Å². The number of para-hydroxylation sites is 1. The number of nitrogens with zero attached hydrogens (tertiary/aromatic N) is 1. The fourth-order valence-corrected chi connectivity index (χ4v) is 2.54. The number of amides is 1. The minimum atomic E-state index is -0.269. The summed E-state index contributed by atoms with van der Waals surface area (Å²) < 4.78 is 16.6. The monoisotopic (exact) mass is 354 g/mol. The van der Waals surface area contributed by atoms with Gasteiger partial charge in [0.2, 0.25) is 0 Å². The summed E-state index contributed by atoms with van der Waals surface area (Å²) in [6.07, 6.45) is 1.62. The van der Waals surface area contributed by atoms with Crippen LogP contribution in [0.15, 0.2) is 69.7 Å². The summed E-state index contributed by atoms with van der Waals surface area (Å²) in [6, 6.07) is 16.5. The summed E-state index contributed by atoms with van der Waals surface area (Å²) in [7, 11) is 3.87.